The maximum Gasteiger partial charge on any atom is 0.407 e. The monoisotopic (exact) mass is 350 g/mol. The van der Waals surface area contributed by atoms with Crippen LogP contribution >= 0.6 is 11.6 Å². The fourth-order valence-corrected chi connectivity index (χ4v) is 2.06. The van der Waals surface area contributed by atoms with Gasteiger partial charge in [-0.15, -0.1) is 0 Å². The Morgan fingerprint density at radius 2 is 2.08 bits per heavy atom. The van der Waals surface area contributed by atoms with Crippen LogP contribution < -0.4 is 10.6 Å². The van der Waals surface area contributed by atoms with Gasteiger partial charge in [0.25, 0.3) is 5.91 Å². The highest BCUT2D eigenvalue weighted by Gasteiger charge is 2.16. The summed E-state index contributed by atoms with van der Waals surface area (Å²) in [5, 5.41) is 5.54. The molecule has 1 aromatic carbocycles. The van der Waals surface area contributed by atoms with Crippen LogP contribution in [0.1, 0.15) is 36.7 Å². The average molecular weight is 351 g/mol. The Balaban J connectivity index is 2.02. The first kappa shape index (κ1) is 17.8. The molecule has 1 aromatic heterocycles. The average Bonchev–Trinajstić information content (AvgIpc) is 2.97. The maximum atomic E-state index is 12.2. The number of carbonyl (C=O) groups is 2. The van der Waals surface area contributed by atoms with E-state index in [9.17, 15) is 9.59 Å². The van der Waals surface area contributed by atoms with Gasteiger partial charge in [-0.05, 0) is 38.5 Å². The lowest BCUT2D eigenvalue weighted by molar-refractivity contribution is 0.0523. The number of anilines is 1. The Morgan fingerprint density at radius 1 is 1.33 bits per heavy atom. The summed E-state index contributed by atoms with van der Waals surface area (Å²) in [5.74, 6) is -0.0672. The minimum Gasteiger partial charge on any atom is -0.444 e. The van der Waals surface area contributed by atoms with Gasteiger partial charge in [-0.3, -0.25) is 10.1 Å². The normalized spacial score (nSPS) is 11.0. The minimum atomic E-state index is -0.571. The van der Waals surface area contributed by atoms with Crippen molar-refractivity contribution in [1.29, 1.82) is 0 Å². The van der Waals surface area contributed by atoms with E-state index in [2.05, 4.69) is 20.6 Å². The van der Waals surface area contributed by atoms with Gasteiger partial charge in [0.05, 0.1) is 10.6 Å². The first-order valence-corrected chi connectivity index (χ1v) is 7.68. The van der Waals surface area contributed by atoms with Gasteiger partial charge in [0.1, 0.15) is 5.60 Å². The lowest BCUT2D eigenvalue weighted by Gasteiger charge is -2.19. The zero-order valence-corrected chi connectivity index (χ0v) is 14.4. The molecule has 0 spiro atoms. The summed E-state index contributed by atoms with van der Waals surface area (Å²) in [5.41, 5.74) is 0.435. The van der Waals surface area contributed by atoms with Crippen LogP contribution in [0.4, 0.5) is 10.7 Å². The number of rotatable bonds is 4. The van der Waals surface area contributed by atoms with Gasteiger partial charge in [-0.25, -0.2) is 9.78 Å². The van der Waals surface area contributed by atoms with Crippen LogP contribution in [0.2, 0.25) is 5.02 Å². The molecule has 0 aliphatic heterocycles. The minimum absolute atomic E-state index is 0.215. The van der Waals surface area contributed by atoms with Crippen LogP contribution in [0.15, 0.2) is 30.6 Å². The van der Waals surface area contributed by atoms with Crippen molar-refractivity contribution in [1.82, 2.24) is 15.3 Å². The van der Waals surface area contributed by atoms with Crippen LogP contribution in [0.25, 0.3) is 0 Å². The first-order chi connectivity index (χ1) is 11.2. The number of nitrogens with zero attached hydrogens (tertiary/aromatic N) is 1. The fourth-order valence-electron chi connectivity index (χ4n) is 1.85. The van der Waals surface area contributed by atoms with Gasteiger partial charge in [-0.1, -0.05) is 17.7 Å². The summed E-state index contributed by atoms with van der Waals surface area (Å²) >= 11 is 6.08. The number of amides is 2. The van der Waals surface area contributed by atoms with Crippen LogP contribution in [0, 0.1) is 0 Å². The molecule has 2 amide bonds. The van der Waals surface area contributed by atoms with Crippen molar-refractivity contribution < 1.29 is 14.3 Å². The van der Waals surface area contributed by atoms with Crippen LogP contribution in [-0.2, 0) is 11.3 Å². The largest absolute Gasteiger partial charge is 0.444 e. The number of aromatic amines is 1. The zero-order valence-electron chi connectivity index (χ0n) is 13.6. The second-order valence-corrected chi connectivity index (χ2v) is 6.47. The van der Waals surface area contributed by atoms with E-state index in [4.69, 9.17) is 16.3 Å². The number of imidazole rings is 1. The molecule has 0 saturated carbocycles. The molecule has 7 nitrogen and oxygen atoms in total. The lowest BCUT2D eigenvalue weighted by Crippen LogP contribution is -2.32. The summed E-state index contributed by atoms with van der Waals surface area (Å²) in [4.78, 5) is 30.6. The van der Waals surface area contributed by atoms with Gasteiger partial charge < -0.3 is 15.0 Å². The number of aromatic nitrogens is 2. The van der Waals surface area contributed by atoms with E-state index in [1.807, 2.05) is 0 Å². The van der Waals surface area contributed by atoms with Crippen molar-refractivity contribution in [3.8, 4) is 0 Å². The molecule has 0 bridgehead atoms. The van der Waals surface area contributed by atoms with Gasteiger partial charge in [0, 0.05) is 18.9 Å². The molecule has 0 unspecified atom stereocenters. The number of hydrogen-bond acceptors (Lipinski definition) is 4. The molecule has 2 rings (SSSR count). The van der Waals surface area contributed by atoms with E-state index in [1.165, 1.54) is 6.20 Å². The number of benzene rings is 1. The van der Waals surface area contributed by atoms with Crippen molar-refractivity contribution in [2.45, 2.75) is 32.9 Å². The summed E-state index contributed by atoms with van der Waals surface area (Å²) in [6, 6.07) is 4.94. The summed E-state index contributed by atoms with van der Waals surface area (Å²) in [7, 11) is 0. The van der Waals surface area contributed by atoms with E-state index in [0.717, 1.165) is 5.56 Å². The van der Waals surface area contributed by atoms with Crippen molar-refractivity contribution in [3.63, 3.8) is 0 Å². The van der Waals surface area contributed by atoms with Crippen LogP contribution in [0.5, 0.6) is 0 Å². The third-order valence-electron chi connectivity index (χ3n) is 2.84. The molecular formula is C16H19ClN4O3. The molecule has 0 fully saturated rings. The number of H-pyrrole nitrogens is 1. The van der Waals surface area contributed by atoms with Gasteiger partial charge in [0.15, 0.2) is 0 Å². The van der Waals surface area contributed by atoms with Crippen molar-refractivity contribution in [2.75, 3.05) is 5.32 Å². The maximum absolute atomic E-state index is 12.2. The molecule has 0 aliphatic rings. The SMILES string of the molecule is CC(C)(C)OC(=O)NCc1ccc(Cl)c(C(=O)Nc2ncc[nH]2)c1. The van der Waals surface area contributed by atoms with E-state index < -0.39 is 17.6 Å². The number of hydrogen-bond donors (Lipinski definition) is 3. The molecule has 0 radical (unpaired) electrons. The van der Waals surface area contributed by atoms with Gasteiger partial charge in [-0.2, -0.15) is 0 Å². The number of carbonyl (C=O) groups excluding carboxylic acids is 2. The number of alkyl carbamates (subject to hydrolysis) is 1. The quantitative estimate of drug-likeness (QED) is 0.787. The Hall–Kier alpha value is -2.54. The van der Waals surface area contributed by atoms with Gasteiger partial charge >= 0.3 is 6.09 Å². The molecule has 1 heterocycles. The Kier molecular flexibility index (Phi) is 5.46. The zero-order chi connectivity index (χ0) is 17.7. The Labute approximate surface area is 144 Å². The molecule has 3 N–H and O–H groups in total. The van der Waals surface area contributed by atoms with E-state index in [-0.39, 0.29) is 12.1 Å². The molecule has 0 saturated heterocycles. The molecule has 0 atom stereocenters. The standard InChI is InChI=1S/C16H19ClN4O3/c1-16(2,3)24-15(23)20-9-10-4-5-12(17)11(8-10)13(22)21-14-18-6-7-19-14/h4-8H,9H2,1-3H3,(H,20,23)(H2,18,19,21,22). The Bertz CT molecular complexity index is 723. The smallest absolute Gasteiger partial charge is 0.407 e. The highest BCUT2D eigenvalue weighted by molar-refractivity contribution is 6.34. The molecule has 24 heavy (non-hydrogen) atoms. The first-order valence-electron chi connectivity index (χ1n) is 7.30. The van der Waals surface area contributed by atoms with E-state index in [1.54, 1.807) is 45.2 Å². The third kappa shape index (κ3) is 5.27. The lowest BCUT2D eigenvalue weighted by atomic mass is 10.1. The summed E-state index contributed by atoms with van der Waals surface area (Å²) in [6.07, 6.45) is 2.59. The highest BCUT2D eigenvalue weighted by Crippen LogP contribution is 2.19. The summed E-state index contributed by atoms with van der Waals surface area (Å²) < 4.78 is 5.16. The predicted molar refractivity (Wildman–Crippen MR) is 91.1 cm³/mol. The van der Waals surface area contributed by atoms with Crippen LogP contribution in [0.3, 0.4) is 0 Å². The molecule has 128 valence electrons. The fraction of sp³-hybridized carbons (Fsp3) is 0.312. The molecule has 0 aliphatic carbocycles. The summed E-state index contributed by atoms with van der Waals surface area (Å²) in [6.45, 7) is 5.57. The Morgan fingerprint density at radius 3 is 2.71 bits per heavy atom. The topological polar surface area (TPSA) is 96.1 Å². The second-order valence-electron chi connectivity index (χ2n) is 6.06. The van der Waals surface area contributed by atoms with E-state index >= 15 is 0 Å². The van der Waals surface area contributed by atoms with Crippen LogP contribution in [-0.4, -0.2) is 27.6 Å². The number of ether oxygens (including phenoxy) is 1. The number of halogens is 1. The van der Waals surface area contributed by atoms with Crippen molar-refractivity contribution in [2.24, 2.45) is 0 Å². The van der Waals surface area contributed by atoms with Gasteiger partial charge in [0.2, 0.25) is 5.95 Å². The predicted octanol–water partition coefficient (Wildman–Crippen LogP) is 3.34. The van der Waals surface area contributed by atoms with Crippen molar-refractivity contribution >= 4 is 29.5 Å². The third-order valence-corrected chi connectivity index (χ3v) is 3.17. The molecule has 2 aromatic rings. The highest BCUT2D eigenvalue weighted by atomic mass is 35.5. The molecule has 8 heteroatoms. The number of nitrogens with one attached hydrogen (secondary N) is 3. The molecular weight excluding hydrogens is 332 g/mol. The van der Waals surface area contributed by atoms with Crippen molar-refractivity contribution in [3.05, 3.63) is 46.7 Å². The van der Waals surface area contributed by atoms with E-state index in [0.29, 0.717) is 11.0 Å². The second kappa shape index (κ2) is 7.35.